The summed E-state index contributed by atoms with van der Waals surface area (Å²) in [6, 6.07) is 5.61. The van der Waals surface area contributed by atoms with Crippen LogP contribution in [0.5, 0.6) is 5.88 Å². The van der Waals surface area contributed by atoms with E-state index in [1.54, 1.807) is 19.5 Å². The predicted molar refractivity (Wildman–Crippen MR) is 91.9 cm³/mol. The van der Waals surface area contributed by atoms with Crippen LogP contribution in [-0.2, 0) is 17.9 Å². The summed E-state index contributed by atoms with van der Waals surface area (Å²) in [5, 5.41) is 7.46. The highest BCUT2D eigenvalue weighted by Gasteiger charge is 2.32. The third-order valence-corrected chi connectivity index (χ3v) is 4.87. The highest BCUT2D eigenvalue weighted by Crippen LogP contribution is 2.28. The quantitative estimate of drug-likeness (QED) is 0.859. The lowest BCUT2D eigenvalue weighted by Gasteiger charge is -2.33. The van der Waals surface area contributed by atoms with Crippen LogP contribution in [0.2, 0.25) is 0 Å². The van der Waals surface area contributed by atoms with Crippen LogP contribution in [0.15, 0.2) is 30.6 Å². The normalized spacial score (nSPS) is 20.1. The molecule has 0 bridgehead atoms. The second-order valence-corrected chi connectivity index (χ2v) is 6.81. The maximum atomic E-state index is 12.7. The van der Waals surface area contributed by atoms with Gasteiger partial charge in [-0.1, -0.05) is 6.07 Å². The van der Waals surface area contributed by atoms with Gasteiger partial charge in [0.2, 0.25) is 11.8 Å². The van der Waals surface area contributed by atoms with Crippen LogP contribution >= 0.6 is 0 Å². The van der Waals surface area contributed by atoms with Crippen molar-refractivity contribution < 1.29 is 9.53 Å². The number of aromatic nitrogens is 3. The van der Waals surface area contributed by atoms with Crippen molar-refractivity contribution in [2.45, 2.75) is 32.0 Å². The first-order chi connectivity index (χ1) is 12.2. The second kappa shape index (κ2) is 6.84. The summed E-state index contributed by atoms with van der Waals surface area (Å²) >= 11 is 0. The molecule has 4 rings (SSSR count). The van der Waals surface area contributed by atoms with E-state index in [-0.39, 0.29) is 11.9 Å². The number of amides is 1. The van der Waals surface area contributed by atoms with Crippen molar-refractivity contribution in [2.75, 3.05) is 20.2 Å². The van der Waals surface area contributed by atoms with Crippen molar-refractivity contribution >= 4 is 5.91 Å². The van der Waals surface area contributed by atoms with Crippen LogP contribution in [0.25, 0.3) is 0 Å². The summed E-state index contributed by atoms with van der Waals surface area (Å²) in [5.41, 5.74) is 2.08. The molecule has 7 heteroatoms. The fourth-order valence-corrected chi connectivity index (χ4v) is 3.33. The molecule has 1 saturated carbocycles. The summed E-state index contributed by atoms with van der Waals surface area (Å²) in [4.78, 5) is 19.2. The zero-order valence-corrected chi connectivity index (χ0v) is 14.4. The third-order valence-electron chi connectivity index (χ3n) is 4.87. The molecule has 2 aromatic rings. The molecule has 1 fully saturated rings. The lowest BCUT2D eigenvalue weighted by Crippen LogP contribution is -2.45. The van der Waals surface area contributed by atoms with Crippen molar-refractivity contribution in [1.82, 2.24) is 25.0 Å². The minimum atomic E-state index is -0.292. The number of rotatable bonds is 6. The number of methoxy groups -OCH3 is 1. The lowest BCUT2D eigenvalue weighted by molar-refractivity contribution is -0.126. The molecule has 1 aliphatic carbocycles. The summed E-state index contributed by atoms with van der Waals surface area (Å²) in [5.74, 6) is 1.36. The average molecular weight is 341 g/mol. The summed E-state index contributed by atoms with van der Waals surface area (Å²) < 4.78 is 7.21. The Bertz CT molecular complexity index is 755. The van der Waals surface area contributed by atoms with Gasteiger partial charge in [0.1, 0.15) is 6.04 Å². The van der Waals surface area contributed by atoms with Crippen molar-refractivity contribution in [1.29, 1.82) is 0 Å². The van der Waals surface area contributed by atoms with Crippen molar-refractivity contribution in [3.05, 3.63) is 41.9 Å². The van der Waals surface area contributed by atoms with E-state index in [4.69, 9.17) is 4.74 Å². The van der Waals surface area contributed by atoms with E-state index in [2.05, 4.69) is 20.3 Å². The number of hydrogen-bond acceptors (Lipinski definition) is 5. The molecule has 0 radical (unpaired) electrons. The number of hydrogen-bond donors (Lipinski definition) is 1. The molecular formula is C18H23N5O2. The molecule has 1 N–H and O–H groups in total. The molecular weight excluding hydrogens is 318 g/mol. The van der Waals surface area contributed by atoms with Crippen molar-refractivity contribution in [2.24, 2.45) is 5.92 Å². The molecule has 0 saturated heterocycles. The summed E-state index contributed by atoms with van der Waals surface area (Å²) in [7, 11) is 1.63. The van der Waals surface area contributed by atoms with Crippen LogP contribution in [0.3, 0.4) is 0 Å². The van der Waals surface area contributed by atoms with Gasteiger partial charge >= 0.3 is 0 Å². The van der Waals surface area contributed by atoms with Gasteiger partial charge in [0.15, 0.2) is 0 Å². The van der Waals surface area contributed by atoms with Gasteiger partial charge in [-0.25, -0.2) is 4.98 Å². The maximum absolute atomic E-state index is 12.7. The number of nitrogens with zero attached hydrogens (tertiary/aromatic N) is 4. The molecule has 1 aliphatic heterocycles. The molecule has 132 valence electrons. The number of fused-ring (bicyclic) bond motifs is 1. The first-order valence-electron chi connectivity index (χ1n) is 8.75. The molecule has 25 heavy (non-hydrogen) atoms. The van der Waals surface area contributed by atoms with Gasteiger partial charge in [-0.2, -0.15) is 5.10 Å². The molecule has 7 nitrogen and oxygen atoms in total. The summed E-state index contributed by atoms with van der Waals surface area (Å²) in [6.45, 7) is 2.85. The average Bonchev–Trinajstić information content (AvgIpc) is 3.35. The molecule has 2 aliphatic rings. The maximum Gasteiger partial charge on any atom is 0.246 e. The van der Waals surface area contributed by atoms with Gasteiger partial charge in [-0.3, -0.25) is 14.4 Å². The Hall–Kier alpha value is -2.41. The van der Waals surface area contributed by atoms with Gasteiger partial charge in [-0.05, 0) is 30.9 Å². The van der Waals surface area contributed by atoms with E-state index < -0.39 is 0 Å². The van der Waals surface area contributed by atoms with Gasteiger partial charge in [0, 0.05) is 44.1 Å². The van der Waals surface area contributed by atoms with Crippen molar-refractivity contribution in [3.8, 4) is 5.88 Å². The first-order valence-corrected chi connectivity index (χ1v) is 8.75. The Labute approximate surface area is 147 Å². The Morgan fingerprint density at radius 1 is 1.36 bits per heavy atom. The minimum Gasteiger partial charge on any atom is -0.481 e. The molecule has 0 unspecified atom stereocenters. The zero-order valence-electron chi connectivity index (χ0n) is 14.4. The highest BCUT2D eigenvalue weighted by molar-refractivity contribution is 5.80. The van der Waals surface area contributed by atoms with Crippen LogP contribution in [0.4, 0.5) is 0 Å². The van der Waals surface area contributed by atoms with E-state index in [0.717, 1.165) is 24.3 Å². The fraction of sp³-hybridized carbons (Fsp3) is 0.500. The van der Waals surface area contributed by atoms with E-state index in [9.17, 15) is 4.79 Å². The van der Waals surface area contributed by atoms with E-state index in [1.165, 1.54) is 12.8 Å². The Morgan fingerprint density at radius 2 is 2.24 bits per heavy atom. The standard InChI is InChI=1S/C18H23N5O2/c1-25-18-14(3-2-7-19-18)10-22-11-15-6-8-21-23(15)16(12-22)17(24)20-9-13-4-5-13/h2-3,6-8,13,16H,4-5,9-12H2,1H3,(H,20,24)/t16-/m1/s1. The van der Waals surface area contributed by atoms with Crippen LogP contribution in [0.1, 0.15) is 30.1 Å². The number of ether oxygens (including phenoxy) is 1. The smallest absolute Gasteiger partial charge is 0.246 e. The van der Waals surface area contributed by atoms with E-state index in [1.807, 2.05) is 22.9 Å². The second-order valence-electron chi connectivity index (χ2n) is 6.81. The van der Waals surface area contributed by atoms with Gasteiger partial charge in [-0.15, -0.1) is 0 Å². The molecule has 0 spiro atoms. The van der Waals surface area contributed by atoms with Gasteiger partial charge in [0.05, 0.1) is 12.8 Å². The Balaban J connectivity index is 1.50. The summed E-state index contributed by atoms with van der Waals surface area (Å²) in [6.07, 6.45) is 5.95. The number of carbonyl (C=O) groups is 1. The largest absolute Gasteiger partial charge is 0.481 e. The van der Waals surface area contributed by atoms with Gasteiger partial charge in [0.25, 0.3) is 0 Å². The fourth-order valence-electron chi connectivity index (χ4n) is 3.33. The predicted octanol–water partition coefficient (Wildman–Crippen LogP) is 1.37. The molecule has 1 amide bonds. The highest BCUT2D eigenvalue weighted by atomic mass is 16.5. The van der Waals surface area contributed by atoms with Crippen LogP contribution < -0.4 is 10.1 Å². The number of carbonyl (C=O) groups excluding carboxylic acids is 1. The number of pyridine rings is 1. The third kappa shape index (κ3) is 3.51. The molecule has 1 atom stereocenters. The van der Waals surface area contributed by atoms with Gasteiger partial charge < -0.3 is 10.1 Å². The van der Waals surface area contributed by atoms with E-state index >= 15 is 0 Å². The van der Waals surface area contributed by atoms with E-state index in [0.29, 0.717) is 24.9 Å². The topological polar surface area (TPSA) is 72.3 Å². The Morgan fingerprint density at radius 3 is 3.04 bits per heavy atom. The molecule has 0 aromatic carbocycles. The minimum absolute atomic E-state index is 0.0553. The monoisotopic (exact) mass is 341 g/mol. The number of nitrogens with one attached hydrogen (secondary N) is 1. The Kier molecular flexibility index (Phi) is 4.40. The SMILES string of the molecule is COc1ncccc1CN1Cc2ccnn2[C@@H](C(=O)NCC2CC2)C1. The molecule has 3 heterocycles. The zero-order chi connectivity index (χ0) is 17.2. The lowest BCUT2D eigenvalue weighted by atomic mass is 10.1. The van der Waals surface area contributed by atoms with Crippen molar-refractivity contribution in [3.63, 3.8) is 0 Å². The van der Waals surface area contributed by atoms with Crippen LogP contribution in [0, 0.1) is 5.92 Å². The first kappa shape index (κ1) is 16.1. The molecule has 2 aromatic heterocycles. The van der Waals surface area contributed by atoms with Crippen LogP contribution in [-0.4, -0.2) is 45.8 Å².